The first kappa shape index (κ1) is 7.75. The van der Waals surface area contributed by atoms with Crippen molar-refractivity contribution < 1.29 is 23.1 Å². The Labute approximate surface area is 43.8 Å². The van der Waals surface area contributed by atoms with E-state index in [1.165, 1.54) is 0 Å². The largest absolute Gasteiger partial charge is 0.386 e. The molecule has 0 saturated heterocycles. The molecule has 0 spiro atoms. The normalized spacial score (nSPS) is 14.2. The first-order chi connectivity index (χ1) is 3.48. The van der Waals surface area contributed by atoms with Crippen molar-refractivity contribution in [1.82, 2.24) is 0 Å². The number of hydrogen-bond donors (Lipinski definition) is 2. The van der Waals surface area contributed by atoms with Crippen LogP contribution < -0.4 is 0 Å². The van der Waals surface area contributed by atoms with Crippen LogP contribution >= 0.6 is 7.60 Å². The summed E-state index contributed by atoms with van der Waals surface area (Å²) in [6, 6.07) is 0. The van der Waals surface area contributed by atoms with Crippen molar-refractivity contribution in [2.45, 2.75) is 0 Å². The second-order valence-electron chi connectivity index (χ2n) is 0.976. The summed E-state index contributed by atoms with van der Waals surface area (Å²) in [5.74, 6) is 0. The minimum atomic E-state index is -4.94. The van der Waals surface area contributed by atoms with Crippen molar-refractivity contribution in [2.75, 3.05) is 0 Å². The van der Waals surface area contributed by atoms with Gasteiger partial charge in [-0.2, -0.15) is 4.39 Å². The summed E-state index contributed by atoms with van der Waals surface area (Å²) in [6.07, 6.45) is -0.763. The number of hydrogen-bond acceptors (Lipinski definition) is 1. The Kier molecular flexibility index (Phi) is 2.27. The Balaban J connectivity index is 4.27. The highest BCUT2D eigenvalue weighted by atomic mass is 31.2. The van der Waals surface area contributed by atoms with E-state index in [9.17, 15) is 13.3 Å². The standard InChI is InChI=1S/C2H3F2O3P/c3-1-2(4)8(5,6)7/h1H,(H2,5,6,7). The predicted octanol–water partition coefficient (Wildman–Crippen LogP) is 0.902. The average molecular weight is 144 g/mol. The summed E-state index contributed by atoms with van der Waals surface area (Å²) < 4.78 is 31.8. The zero-order chi connectivity index (χ0) is 6.78. The highest BCUT2D eigenvalue weighted by molar-refractivity contribution is 7.56. The Bertz CT molecular complexity index is 147. The Morgan fingerprint density at radius 3 is 2.00 bits per heavy atom. The quantitative estimate of drug-likeness (QED) is 0.537. The molecule has 2 N–H and O–H groups in total. The van der Waals surface area contributed by atoms with Crippen LogP contribution in [0.2, 0.25) is 0 Å². The maximum atomic E-state index is 11.4. The van der Waals surface area contributed by atoms with E-state index >= 15 is 0 Å². The molecule has 0 rings (SSSR count). The van der Waals surface area contributed by atoms with Crippen molar-refractivity contribution in [3.63, 3.8) is 0 Å². The lowest BCUT2D eigenvalue weighted by Crippen LogP contribution is -1.74. The molecule has 0 aliphatic carbocycles. The topological polar surface area (TPSA) is 57.5 Å². The molecule has 3 nitrogen and oxygen atoms in total. The summed E-state index contributed by atoms with van der Waals surface area (Å²) >= 11 is 0. The molecule has 0 heterocycles. The van der Waals surface area contributed by atoms with Crippen molar-refractivity contribution >= 4 is 7.60 Å². The SMILES string of the molecule is O=P(O)(O)C(F)=CF. The lowest BCUT2D eigenvalue weighted by atomic mass is 11.2. The fourth-order valence-electron chi connectivity index (χ4n) is 0.0636. The van der Waals surface area contributed by atoms with E-state index in [0.29, 0.717) is 0 Å². The summed E-state index contributed by atoms with van der Waals surface area (Å²) in [6.45, 7) is 0. The van der Waals surface area contributed by atoms with Gasteiger partial charge in [0, 0.05) is 0 Å². The van der Waals surface area contributed by atoms with Gasteiger partial charge in [-0.25, -0.2) is 4.39 Å². The second kappa shape index (κ2) is 2.35. The Hall–Kier alpha value is -0.250. The van der Waals surface area contributed by atoms with Crippen molar-refractivity contribution in [2.24, 2.45) is 0 Å². The second-order valence-corrected chi connectivity index (χ2v) is 2.49. The number of halogens is 2. The predicted molar refractivity (Wildman–Crippen MR) is 22.3 cm³/mol. The molecule has 0 aromatic carbocycles. The monoisotopic (exact) mass is 144 g/mol. The summed E-state index contributed by atoms with van der Waals surface area (Å²) in [4.78, 5) is 15.4. The molecule has 0 saturated carbocycles. The molecular formula is C2H3F2O3P. The molecule has 0 bridgehead atoms. The van der Waals surface area contributed by atoms with Gasteiger partial charge in [-0.1, -0.05) is 0 Å². The van der Waals surface area contributed by atoms with Crippen LogP contribution in [0.4, 0.5) is 8.78 Å². The van der Waals surface area contributed by atoms with Gasteiger partial charge in [0.25, 0.3) is 0 Å². The molecule has 0 aliphatic heterocycles. The van der Waals surface area contributed by atoms with Crippen LogP contribution in [0.1, 0.15) is 0 Å². The van der Waals surface area contributed by atoms with E-state index in [-0.39, 0.29) is 0 Å². The molecule has 0 aromatic heterocycles. The number of rotatable bonds is 1. The molecule has 0 radical (unpaired) electrons. The minimum Gasteiger partial charge on any atom is -0.319 e. The van der Waals surface area contributed by atoms with Crippen LogP contribution in [0.5, 0.6) is 0 Å². The van der Waals surface area contributed by atoms with Gasteiger partial charge in [0.2, 0.25) is 5.57 Å². The zero-order valence-corrected chi connectivity index (χ0v) is 4.48. The van der Waals surface area contributed by atoms with Gasteiger partial charge in [0.05, 0.1) is 0 Å². The molecule has 48 valence electrons. The molecule has 0 aromatic rings. The van der Waals surface area contributed by atoms with Crippen LogP contribution in [-0.4, -0.2) is 9.79 Å². The maximum Gasteiger partial charge on any atom is 0.386 e. The van der Waals surface area contributed by atoms with Crippen molar-refractivity contribution in [3.05, 3.63) is 11.9 Å². The summed E-state index contributed by atoms with van der Waals surface area (Å²) in [7, 11) is -4.94. The first-order valence-corrected chi connectivity index (χ1v) is 3.11. The van der Waals surface area contributed by atoms with Crippen LogP contribution in [0.25, 0.3) is 0 Å². The van der Waals surface area contributed by atoms with Gasteiger partial charge in [-0.05, 0) is 0 Å². The van der Waals surface area contributed by atoms with Crippen molar-refractivity contribution in [1.29, 1.82) is 0 Å². The molecule has 0 unspecified atom stereocenters. The van der Waals surface area contributed by atoms with E-state index in [1.807, 2.05) is 0 Å². The van der Waals surface area contributed by atoms with Crippen LogP contribution in [-0.2, 0) is 4.57 Å². The Morgan fingerprint density at radius 2 is 2.00 bits per heavy atom. The van der Waals surface area contributed by atoms with Gasteiger partial charge >= 0.3 is 7.60 Å². The van der Waals surface area contributed by atoms with Crippen LogP contribution in [0.3, 0.4) is 0 Å². The Morgan fingerprint density at radius 1 is 1.62 bits per heavy atom. The van der Waals surface area contributed by atoms with Gasteiger partial charge in [-0.15, -0.1) is 0 Å². The van der Waals surface area contributed by atoms with Gasteiger partial charge in [0.1, 0.15) is 6.33 Å². The van der Waals surface area contributed by atoms with E-state index in [1.54, 1.807) is 0 Å². The maximum absolute atomic E-state index is 11.4. The van der Waals surface area contributed by atoms with E-state index in [0.717, 1.165) is 0 Å². The third-order valence-electron chi connectivity index (χ3n) is 0.368. The van der Waals surface area contributed by atoms with E-state index in [4.69, 9.17) is 9.79 Å². The van der Waals surface area contributed by atoms with Gasteiger partial charge in [0.15, 0.2) is 0 Å². The smallest absolute Gasteiger partial charge is 0.319 e. The van der Waals surface area contributed by atoms with Gasteiger partial charge in [-0.3, -0.25) is 4.57 Å². The molecule has 0 atom stereocenters. The molecule has 0 amide bonds. The first-order valence-electron chi connectivity index (χ1n) is 1.50. The third kappa shape index (κ3) is 2.16. The summed E-state index contributed by atoms with van der Waals surface area (Å²) in [5, 5.41) is 0. The fourth-order valence-corrected chi connectivity index (χ4v) is 0.191. The van der Waals surface area contributed by atoms with Gasteiger partial charge < -0.3 is 9.79 Å². The molecular weight excluding hydrogens is 141 g/mol. The summed E-state index contributed by atoms with van der Waals surface area (Å²) in [5.41, 5.74) is -2.04. The van der Waals surface area contributed by atoms with Crippen LogP contribution in [0, 0.1) is 0 Å². The lowest BCUT2D eigenvalue weighted by Gasteiger charge is -1.94. The van der Waals surface area contributed by atoms with Crippen molar-refractivity contribution in [3.8, 4) is 0 Å². The molecule has 0 fully saturated rings. The molecule has 6 heteroatoms. The van der Waals surface area contributed by atoms with E-state index < -0.39 is 19.5 Å². The highest BCUT2D eigenvalue weighted by Gasteiger charge is 2.20. The lowest BCUT2D eigenvalue weighted by molar-refractivity contribution is 0.366. The highest BCUT2D eigenvalue weighted by Crippen LogP contribution is 2.45. The van der Waals surface area contributed by atoms with E-state index in [2.05, 4.69) is 0 Å². The minimum absolute atomic E-state index is 0.763. The third-order valence-corrected chi connectivity index (χ3v) is 1.02. The molecule has 8 heavy (non-hydrogen) atoms. The van der Waals surface area contributed by atoms with Crippen LogP contribution in [0.15, 0.2) is 11.9 Å². The zero-order valence-electron chi connectivity index (χ0n) is 3.58. The fraction of sp³-hybridized carbons (Fsp3) is 0. The molecule has 0 aliphatic rings. The average Bonchev–Trinajstić information content (AvgIpc) is 1.62.